The van der Waals surface area contributed by atoms with Crippen molar-refractivity contribution in [2.75, 3.05) is 6.61 Å². The molecule has 4 saturated carbocycles. The number of carbonyl (C=O) groups excluding carboxylic acids is 1. The lowest BCUT2D eigenvalue weighted by molar-refractivity contribution is -0.176. The van der Waals surface area contributed by atoms with Crippen molar-refractivity contribution in [2.45, 2.75) is 117 Å². The average Bonchev–Trinajstić information content (AvgIpc) is 3.10. The lowest BCUT2D eigenvalue weighted by atomic mass is 9.43. The van der Waals surface area contributed by atoms with Crippen LogP contribution in [0.4, 0.5) is 0 Å². The zero-order valence-corrected chi connectivity index (χ0v) is 21.6. The highest BCUT2D eigenvalue weighted by molar-refractivity contribution is 5.69. The van der Waals surface area contributed by atoms with Gasteiger partial charge in [-0.1, -0.05) is 20.8 Å². The number of fused-ring (bicyclic) bond motifs is 5. The number of carbonyl (C=O) groups is 1. The van der Waals surface area contributed by atoms with Gasteiger partial charge in [0, 0.05) is 13.0 Å². The maximum absolute atomic E-state index is 12.3. The van der Waals surface area contributed by atoms with Crippen LogP contribution in [0.2, 0.25) is 0 Å². The molecule has 0 amide bonds. The van der Waals surface area contributed by atoms with E-state index in [1.807, 2.05) is 6.92 Å². The Bertz CT molecular complexity index is 696. The first kappa shape index (κ1) is 25.4. The molecule has 4 aliphatic rings. The van der Waals surface area contributed by atoms with E-state index in [0.29, 0.717) is 48.5 Å². The van der Waals surface area contributed by atoms with Gasteiger partial charge in [0.25, 0.3) is 0 Å². The Morgan fingerprint density at radius 2 is 1.70 bits per heavy atom. The van der Waals surface area contributed by atoms with Crippen molar-refractivity contribution < 1.29 is 24.5 Å². The number of hydrogen-bond donors (Lipinski definition) is 2. The molecule has 4 aliphatic carbocycles. The summed E-state index contributed by atoms with van der Waals surface area (Å²) in [6.45, 7) is 11.5. The van der Waals surface area contributed by atoms with E-state index >= 15 is 0 Å². The molecule has 0 bridgehead atoms. The number of aliphatic hydroxyl groups excluding tert-OH is 2. The molecular weight excluding hydrogens is 416 g/mol. The van der Waals surface area contributed by atoms with Crippen molar-refractivity contribution in [3.05, 3.63) is 0 Å². The summed E-state index contributed by atoms with van der Waals surface area (Å²) >= 11 is 0. The molecule has 0 radical (unpaired) electrons. The second-order valence-corrected chi connectivity index (χ2v) is 12.5. The quantitative estimate of drug-likeness (QED) is 0.394. The van der Waals surface area contributed by atoms with Gasteiger partial charge in [0.1, 0.15) is 0 Å². The van der Waals surface area contributed by atoms with E-state index < -0.39 is 6.29 Å². The van der Waals surface area contributed by atoms with Crippen molar-refractivity contribution >= 4 is 5.97 Å². The van der Waals surface area contributed by atoms with Crippen molar-refractivity contribution in [1.29, 1.82) is 0 Å². The standard InChI is InChI=1S/C28H48O5/c1-6-32-18(3)33-25(31)10-7-17(2)21-8-9-22-26-23(12-14-28(21,22)5)27(4)13-11-20(29)15-19(27)16-24(26)30/h17-24,26,29-30H,6-16H2,1-5H3. The third-order valence-electron chi connectivity index (χ3n) is 10.9. The fourth-order valence-corrected chi connectivity index (χ4v) is 9.23. The minimum atomic E-state index is -0.472. The summed E-state index contributed by atoms with van der Waals surface area (Å²) in [5.41, 5.74) is 0.524. The van der Waals surface area contributed by atoms with Crippen LogP contribution in [-0.2, 0) is 14.3 Å². The third-order valence-corrected chi connectivity index (χ3v) is 10.9. The van der Waals surface area contributed by atoms with Gasteiger partial charge < -0.3 is 19.7 Å². The van der Waals surface area contributed by atoms with Gasteiger partial charge in [-0.15, -0.1) is 0 Å². The molecule has 33 heavy (non-hydrogen) atoms. The van der Waals surface area contributed by atoms with Crippen LogP contribution in [0.5, 0.6) is 0 Å². The number of aliphatic hydroxyl groups is 2. The molecule has 2 N–H and O–H groups in total. The van der Waals surface area contributed by atoms with Crippen molar-refractivity contribution in [3.63, 3.8) is 0 Å². The first-order valence-electron chi connectivity index (χ1n) is 13.8. The summed E-state index contributed by atoms with van der Waals surface area (Å²) in [5, 5.41) is 21.7. The number of hydrogen-bond acceptors (Lipinski definition) is 5. The van der Waals surface area contributed by atoms with Gasteiger partial charge in [-0.2, -0.15) is 0 Å². The van der Waals surface area contributed by atoms with Gasteiger partial charge >= 0.3 is 5.97 Å². The molecule has 4 fully saturated rings. The minimum Gasteiger partial charge on any atom is -0.436 e. The first-order valence-corrected chi connectivity index (χ1v) is 13.8. The zero-order valence-electron chi connectivity index (χ0n) is 21.6. The van der Waals surface area contributed by atoms with Gasteiger partial charge in [0.15, 0.2) is 6.29 Å². The van der Waals surface area contributed by atoms with Crippen LogP contribution in [-0.4, -0.2) is 41.3 Å². The smallest absolute Gasteiger partial charge is 0.308 e. The van der Waals surface area contributed by atoms with E-state index in [0.717, 1.165) is 32.1 Å². The van der Waals surface area contributed by atoms with Crippen molar-refractivity contribution in [1.82, 2.24) is 0 Å². The molecule has 5 heteroatoms. The lowest BCUT2D eigenvalue weighted by Crippen LogP contribution is -2.58. The molecule has 0 aromatic carbocycles. The number of ether oxygens (including phenoxy) is 2. The summed E-state index contributed by atoms with van der Waals surface area (Å²) in [6.07, 6.45) is 9.05. The number of rotatable bonds is 7. The largest absolute Gasteiger partial charge is 0.436 e. The van der Waals surface area contributed by atoms with E-state index in [4.69, 9.17) is 9.47 Å². The maximum Gasteiger partial charge on any atom is 0.308 e. The third kappa shape index (κ3) is 4.63. The van der Waals surface area contributed by atoms with Crippen LogP contribution < -0.4 is 0 Å². The molecule has 11 unspecified atom stereocenters. The maximum atomic E-state index is 12.3. The molecule has 11 atom stereocenters. The Morgan fingerprint density at radius 3 is 2.42 bits per heavy atom. The topological polar surface area (TPSA) is 76.0 Å². The zero-order chi connectivity index (χ0) is 24.0. The lowest BCUT2D eigenvalue weighted by Gasteiger charge is -2.62. The van der Waals surface area contributed by atoms with E-state index in [1.165, 1.54) is 25.7 Å². The summed E-state index contributed by atoms with van der Waals surface area (Å²) in [6, 6.07) is 0. The van der Waals surface area contributed by atoms with E-state index in [1.54, 1.807) is 6.92 Å². The molecule has 5 nitrogen and oxygen atoms in total. The van der Waals surface area contributed by atoms with E-state index in [-0.39, 0.29) is 29.0 Å². The summed E-state index contributed by atoms with van der Waals surface area (Å²) in [7, 11) is 0. The molecule has 0 saturated heterocycles. The average molecular weight is 465 g/mol. The Balaban J connectivity index is 1.42. The summed E-state index contributed by atoms with van der Waals surface area (Å²) < 4.78 is 10.7. The predicted molar refractivity (Wildman–Crippen MR) is 128 cm³/mol. The summed E-state index contributed by atoms with van der Waals surface area (Å²) in [4.78, 5) is 12.3. The Labute approximate surface area is 201 Å². The summed E-state index contributed by atoms with van der Waals surface area (Å²) in [5.74, 6) is 2.94. The molecule has 4 rings (SSSR count). The highest BCUT2D eigenvalue weighted by atomic mass is 16.7. The SMILES string of the molecule is CCOC(C)OC(=O)CCC(C)C1CCC2C3C(O)CC4CC(O)CCC4(C)C3CCC12C. The van der Waals surface area contributed by atoms with E-state index in [2.05, 4.69) is 20.8 Å². The molecule has 0 aromatic heterocycles. The van der Waals surface area contributed by atoms with E-state index in [9.17, 15) is 15.0 Å². The van der Waals surface area contributed by atoms with Crippen LogP contribution in [0.1, 0.15) is 98.8 Å². The Hall–Kier alpha value is -0.650. The van der Waals surface area contributed by atoms with Gasteiger partial charge in [0.05, 0.1) is 12.2 Å². The second-order valence-electron chi connectivity index (χ2n) is 12.5. The highest BCUT2D eigenvalue weighted by Gasteiger charge is 2.62. The predicted octanol–water partition coefficient (Wildman–Crippen LogP) is 5.32. The fourth-order valence-electron chi connectivity index (χ4n) is 9.23. The fraction of sp³-hybridized carbons (Fsp3) is 0.964. The van der Waals surface area contributed by atoms with Gasteiger partial charge in [-0.05, 0) is 118 Å². The van der Waals surface area contributed by atoms with Gasteiger partial charge in [-0.3, -0.25) is 4.79 Å². The van der Waals surface area contributed by atoms with Crippen LogP contribution in [0, 0.1) is 46.3 Å². The molecule has 0 aromatic rings. The van der Waals surface area contributed by atoms with Crippen LogP contribution >= 0.6 is 0 Å². The molecular formula is C28H48O5. The van der Waals surface area contributed by atoms with Crippen LogP contribution in [0.15, 0.2) is 0 Å². The molecule has 0 aliphatic heterocycles. The molecule has 0 spiro atoms. The minimum absolute atomic E-state index is 0.160. The number of esters is 1. The molecule has 190 valence electrons. The van der Waals surface area contributed by atoms with Crippen molar-refractivity contribution in [3.8, 4) is 0 Å². The first-order chi connectivity index (χ1) is 15.6. The monoisotopic (exact) mass is 464 g/mol. The highest BCUT2D eigenvalue weighted by Crippen LogP contribution is 2.68. The second kappa shape index (κ2) is 9.78. The van der Waals surface area contributed by atoms with Crippen LogP contribution in [0.25, 0.3) is 0 Å². The van der Waals surface area contributed by atoms with Gasteiger partial charge in [0.2, 0.25) is 0 Å². The van der Waals surface area contributed by atoms with Crippen molar-refractivity contribution in [2.24, 2.45) is 46.3 Å². The Morgan fingerprint density at radius 1 is 1.00 bits per heavy atom. The van der Waals surface area contributed by atoms with Gasteiger partial charge in [-0.25, -0.2) is 0 Å². The Kier molecular flexibility index (Phi) is 7.54. The molecule has 0 heterocycles. The van der Waals surface area contributed by atoms with Crippen LogP contribution in [0.3, 0.4) is 0 Å². The normalized spacial score (nSPS) is 46.6.